The zero-order chi connectivity index (χ0) is 20.4. The second-order valence-electron chi connectivity index (χ2n) is 6.89. The molecule has 0 fully saturated rings. The highest BCUT2D eigenvalue weighted by atomic mass is 16.2. The lowest BCUT2D eigenvalue weighted by Gasteiger charge is -2.06. The van der Waals surface area contributed by atoms with Crippen LogP contribution in [0.25, 0.3) is 5.52 Å². The summed E-state index contributed by atoms with van der Waals surface area (Å²) in [6.45, 7) is 3.95. The van der Waals surface area contributed by atoms with Crippen LogP contribution in [0, 0.1) is 13.8 Å². The molecule has 0 spiro atoms. The van der Waals surface area contributed by atoms with Crippen molar-refractivity contribution in [2.24, 2.45) is 0 Å². The van der Waals surface area contributed by atoms with Gasteiger partial charge in [0.2, 0.25) is 5.82 Å². The van der Waals surface area contributed by atoms with E-state index in [4.69, 9.17) is 0 Å². The summed E-state index contributed by atoms with van der Waals surface area (Å²) in [4.78, 5) is 30.1. The number of pyridine rings is 1. The maximum Gasteiger partial charge on any atom is 0.292 e. The van der Waals surface area contributed by atoms with Crippen LogP contribution in [0.15, 0.2) is 72.9 Å². The van der Waals surface area contributed by atoms with Crippen molar-refractivity contribution in [3.05, 3.63) is 95.6 Å². The first kappa shape index (κ1) is 18.4. The number of amides is 2. The molecule has 2 N–H and O–H groups in total. The Kier molecular flexibility index (Phi) is 4.83. The van der Waals surface area contributed by atoms with E-state index in [0.29, 0.717) is 16.9 Å². The first-order chi connectivity index (χ1) is 14.0. The molecule has 4 aromatic rings. The second-order valence-corrected chi connectivity index (χ2v) is 6.89. The highest BCUT2D eigenvalue weighted by Gasteiger charge is 2.21. The third-order valence-corrected chi connectivity index (χ3v) is 4.48. The van der Waals surface area contributed by atoms with Crippen LogP contribution in [0.1, 0.15) is 32.2 Å². The van der Waals surface area contributed by atoms with E-state index in [9.17, 15) is 9.59 Å². The minimum Gasteiger partial charge on any atom is -0.321 e. The first-order valence-electron chi connectivity index (χ1n) is 9.24. The zero-order valence-electron chi connectivity index (χ0n) is 16.1. The van der Waals surface area contributed by atoms with Crippen molar-refractivity contribution in [3.8, 4) is 0 Å². The molecule has 2 heterocycles. The summed E-state index contributed by atoms with van der Waals surface area (Å²) in [5, 5.41) is 5.70. The Labute approximate surface area is 168 Å². The Balaban J connectivity index is 1.68. The fourth-order valence-corrected chi connectivity index (χ4v) is 3.31. The number of fused-ring (bicyclic) bond motifs is 1. The molecule has 0 aliphatic carbocycles. The summed E-state index contributed by atoms with van der Waals surface area (Å²) in [7, 11) is 0. The molecule has 2 aromatic heterocycles. The number of aryl methyl sites for hydroxylation is 2. The van der Waals surface area contributed by atoms with Gasteiger partial charge < -0.3 is 10.6 Å². The van der Waals surface area contributed by atoms with Gasteiger partial charge in [0.1, 0.15) is 0 Å². The number of nitrogens with one attached hydrogen (secondary N) is 2. The number of carbonyl (C=O) groups is 2. The average Bonchev–Trinajstić information content (AvgIpc) is 3.08. The fraction of sp³-hybridized carbons (Fsp3) is 0.0870. The molecule has 2 amide bonds. The number of hydrogen-bond acceptors (Lipinski definition) is 3. The van der Waals surface area contributed by atoms with Crippen LogP contribution < -0.4 is 10.6 Å². The number of carbonyl (C=O) groups excluding carboxylic acids is 2. The summed E-state index contributed by atoms with van der Waals surface area (Å²) >= 11 is 0. The Morgan fingerprint density at radius 1 is 0.793 bits per heavy atom. The molecule has 6 heteroatoms. The van der Waals surface area contributed by atoms with E-state index in [1.54, 1.807) is 34.9 Å². The fourth-order valence-electron chi connectivity index (χ4n) is 3.31. The molecular formula is C23H20N4O2. The van der Waals surface area contributed by atoms with Gasteiger partial charge >= 0.3 is 0 Å². The number of imidazole rings is 1. The maximum absolute atomic E-state index is 12.9. The second kappa shape index (κ2) is 7.59. The largest absolute Gasteiger partial charge is 0.321 e. The van der Waals surface area contributed by atoms with Crippen molar-refractivity contribution in [2.75, 3.05) is 10.6 Å². The monoisotopic (exact) mass is 384 g/mol. The molecule has 0 atom stereocenters. The lowest BCUT2D eigenvalue weighted by Crippen LogP contribution is -2.16. The molecule has 2 aromatic carbocycles. The molecule has 6 nitrogen and oxygen atoms in total. The highest BCUT2D eigenvalue weighted by molar-refractivity contribution is 6.10. The van der Waals surface area contributed by atoms with Crippen molar-refractivity contribution in [1.82, 2.24) is 9.38 Å². The summed E-state index contributed by atoms with van der Waals surface area (Å²) in [6, 6.07) is 20.3. The Morgan fingerprint density at radius 2 is 1.45 bits per heavy atom. The van der Waals surface area contributed by atoms with Gasteiger partial charge in [-0.2, -0.15) is 0 Å². The van der Waals surface area contributed by atoms with E-state index in [-0.39, 0.29) is 23.3 Å². The van der Waals surface area contributed by atoms with Crippen LogP contribution in [0.5, 0.6) is 0 Å². The van der Waals surface area contributed by atoms with Gasteiger partial charge in [0.25, 0.3) is 11.8 Å². The van der Waals surface area contributed by atoms with E-state index in [0.717, 1.165) is 11.1 Å². The molecule has 0 saturated carbocycles. The summed E-state index contributed by atoms with van der Waals surface area (Å²) in [5.74, 6) is -0.602. The maximum atomic E-state index is 12.9. The zero-order valence-corrected chi connectivity index (χ0v) is 16.1. The molecule has 4 rings (SSSR count). The van der Waals surface area contributed by atoms with E-state index in [1.165, 1.54) is 0 Å². The van der Waals surface area contributed by atoms with Gasteiger partial charge in [0.05, 0.1) is 5.52 Å². The standard InChI is InChI=1S/C23H20N4O2/c1-15-12-16(2)14-18(13-15)25-22(28)20-19-10-6-7-11-27(19)21(26-20)23(29)24-17-8-4-3-5-9-17/h3-14H,1-2H3,(H,24,29)(H,25,28). The number of anilines is 2. The van der Waals surface area contributed by atoms with Crippen molar-refractivity contribution in [3.63, 3.8) is 0 Å². The molecule has 144 valence electrons. The normalized spacial score (nSPS) is 10.7. The highest BCUT2D eigenvalue weighted by Crippen LogP contribution is 2.19. The summed E-state index contributed by atoms with van der Waals surface area (Å²) in [6.07, 6.45) is 1.72. The van der Waals surface area contributed by atoms with Gasteiger partial charge in [-0.25, -0.2) is 4.98 Å². The van der Waals surface area contributed by atoms with Gasteiger partial charge in [-0.3, -0.25) is 14.0 Å². The van der Waals surface area contributed by atoms with Crippen LogP contribution in [0.3, 0.4) is 0 Å². The third kappa shape index (κ3) is 3.87. The van der Waals surface area contributed by atoms with Gasteiger partial charge in [0, 0.05) is 17.6 Å². The minimum absolute atomic E-state index is 0.148. The number of benzene rings is 2. The van der Waals surface area contributed by atoms with E-state index in [2.05, 4.69) is 15.6 Å². The van der Waals surface area contributed by atoms with Crippen LogP contribution in [0.4, 0.5) is 11.4 Å². The average molecular weight is 384 g/mol. The predicted octanol–water partition coefficient (Wildman–Crippen LogP) is 4.46. The van der Waals surface area contributed by atoms with Crippen molar-refractivity contribution >= 4 is 28.7 Å². The number of hydrogen-bond donors (Lipinski definition) is 2. The molecule has 0 unspecified atom stereocenters. The molecule has 29 heavy (non-hydrogen) atoms. The quantitative estimate of drug-likeness (QED) is 0.546. The van der Waals surface area contributed by atoms with Crippen molar-refractivity contribution < 1.29 is 9.59 Å². The number of nitrogens with zero attached hydrogens (tertiary/aromatic N) is 2. The Hall–Kier alpha value is -3.93. The van der Waals surface area contributed by atoms with Crippen LogP contribution in [-0.4, -0.2) is 21.2 Å². The Morgan fingerprint density at radius 3 is 2.17 bits per heavy atom. The molecule has 0 aliphatic rings. The number of rotatable bonds is 4. The van der Waals surface area contributed by atoms with Crippen LogP contribution >= 0.6 is 0 Å². The molecular weight excluding hydrogens is 364 g/mol. The van der Waals surface area contributed by atoms with Gasteiger partial charge in [-0.15, -0.1) is 0 Å². The minimum atomic E-state index is -0.386. The van der Waals surface area contributed by atoms with Gasteiger partial charge in [0.15, 0.2) is 5.69 Å². The lowest BCUT2D eigenvalue weighted by atomic mass is 10.1. The molecule has 0 saturated heterocycles. The van der Waals surface area contributed by atoms with E-state index >= 15 is 0 Å². The lowest BCUT2D eigenvalue weighted by molar-refractivity contribution is 0.101. The smallest absolute Gasteiger partial charge is 0.292 e. The van der Waals surface area contributed by atoms with Crippen LogP contribution in [-0.2, 0) is 0 Å². The van der Waals surface area contributed by atoms with Crippen LogP contribution in [0.2, 0.25) is 0 Å². The topological polar surface area (TPSA) is 75.5 Å². The predicted molar refractivity (Wildman–Crippen MR) is 113 cm³/mol. The Bertz CT molecular complexity index is 1190. The molecule has 0 aliphatic heterocycles. The third-order valence-electron chi connectivity index (χ3n) is 4.48. The van der Waals surface area contributed by atoms with Gasteiger partial charge in [-0.05, 0) is 61.4 Å². The van der Waals surface area contributed by atoms with E-state index < -0.39 is 0 Å². The number of aromatic nitrogens is 2. The molecule has 0 bridgehead atoms. The van der Waals surface area contributed by atoms with Crippen molar-refractivity contribution in [2.45, 2.75) is 13.8 Å². The summed E-state index contributed by atoms with van der Waals surface area (Å²) in [5.41, 5.74) is 4.22. The van der Waals surface area contributed by atoms with E-state index in [1.807, 2.05) is 56.3 Å². The summed E-state index contributed by atoms with van der Waals surface area (Å²) < 4.78 is 1.62. The van der Waals surface area contributed by atoms with Crippen molar-refractivity contribution in [1.29, 1.82) is 0 Å². The SMILES string of the molecule is Cc1cc(C)cc(NC(=O)c2nc(C(=O)Nc3ccccc3)n3ccccc23)c1. The molecule has 0 radical (unpaired) electrons. The van der Waals surface area contributed by atoms with Gasteiger partial charge in [-0.1, -0.05) is 30.3 Å². The first-order valence-corrected chi connectivity index (χ1v) is 9.24. The number of para-hydroxylation sites is 1.